The van der Waals surface area contributed by atoms with E-state index in [9.17, 15) is 9.59 Å². The van der Waals surface area contributed by atoms with Gasteiger partial charge in [0.2, 0.25) is 11.8 Å². The highest BCUT2D eigenvalue weighted by Gasteiger charge is 2.58. The van der Waals surface area contributed by atoms with Crippen molar-refractivity contribution in [3.63, 3.8) is 0 Å². The van der Waals surface area contributed by atoms with Crippen molar-refractivity contribution in [2.24, 2.45) is 11.3 Å². The van der Waals surface area contributed by atoms with Gasteiger partial charge < -0.3 is 14.4 Å². The summed E-state index contributed by atoms with van der Waals surface area (Å²) < 4.78 is 2.09. The van der Waals surface area contributed by atoms with E-state index < -0.39 is 5.41 Å². The lowest BCUT2D eigenvalue weighted by molar-refractivity contribution is -0.137. The third-order valence-electron chi connectivity index (χ3n) is 6.49. The Hall–Kier alpha value is -1.85. The van der Waals surface area contributed by atoms with Gasteiger partial charge in [-0.25, -0.2) is 4.98 Å². The van der Waals surface area contributed by atoms with Gasteiger partial charge in [-0.1, -0.05) is 6.92 Å². The number of rotatable bonds is 5. The van der Waals surface area contributed by atoms with Gasteiger partial charge in [-0.15, -0.1) is 0 Å². The first kappa shape index (κ1) is 17.6. The Morgan fingerprint density at radius 3 is 2.77 bits per heavy atom. The average molecular weight is 358 g/mol. The van der Waals surface area contributed by atoms with Gasteiger partial charge in [-0.3, -0.25) is 9.59 Å². The number of nitrogens with zero attached hydrogens (tertiary/aromatic N) is 4. The second-order valence-electron chi connectivity index (χ2n) is 8.62. The molecule has 3 aliphatic rings. The van der Waals surface area contributed by atoms with Crippen LogP contribution in [0, 0.1) is 11.3 Å². The molecule has 2 saturated heterocycles. The topological polar surface area (TPSA) is 58.4 Å². The molecule has 26 heavy (non-hydrogen) atoms. The van der Waals surface area contributed by atoms with E-state index in [0.29, 0.717) is 31.5 Å². The average Bonchev–Trinajstić information content (AvgIpc) is 3.06. The van der Waals surface area contributed by atoms with Crippen LogP contribution in [0.2, 0.25) is 0 Å². The fourth-order valence-corrected chi connectivity index (χ4v) is 4.63. The van der Waals surface area contributed by atoms with Crippen molar-refractivity contribution in [3.8, 4) is 0 Å². The summed E-state index contributed by atoms with van der Waals surface area (Å²) in [6.45, 7) is 9.04. The largest absolute Gasteiger partial charge is 0.342 e. The maximum atomic E-state index is 13.4. The Balaban J connectivity index is 1.64. The van der Waals surface area contributed by atoms with Crippen molar-refractivity contribution in [2.45, 2.75) is 58.4 Å². The predicted octanol–water partition coefficient (Wildman–Crippen LogP) is 2.43. The van der Waals surface area contributed by atoms with Crippen molar-refractivity contribution in [3.05, 3.63) is 18.2 Å². The van der Waals surface area contributed by atoms with Crippen LogP contribution in [0.1, 0.15) is 64.1 Å². The Morgan fingerprint density at radius 2 is 2.15 bits per heavy atom. The van der Waals surface area contributed by atoms with Gasteiger partial charge >= 0.3 is 0 Å². The zero-order valence-corrected chi connectivity index (χ0v) is 16.1. The van der Waals surface area contributed by atoms with E-state index in [4.69, 9.17) is 0 Å². The van der Waals surface area contributed by atoms with E-state index in [1.807, 2.05) is 18.2 Å². The molecule has 6 nitrogen and oxygen atoms in total. The van der Waals surface area contributed by atoms with E-state index in [0.717, 1.165) is 25.2 Å². The van der Waals surface area contributed by atoms with Crippen LogP contribution in [0.15, 0.2) is 12.5 Å². The zero-order valence-electron chi connectivity index (χ0n) is 16.1. The Morgan fingerprint density at radius 1 is 1.38 bits per heavy atom. The number of likely N-dealkylation sites (tertiary alicyclic amines) is 2. The predicted molar refractivity (Wildman–Crippen MR) is 98.6 cm³/mol. The van der Waals surface area contributed by atoms with E-state index in [2.05, 4.69) is 34.5 Å². The molecule has 1 aromatic rings. The smallest absolute Gasteiger partial charge is 0.231 e. The van der Waals surface area contributed by atoms with Crippen LogP contribution in [0.4, 0.5) is 0 Å². The molecule has 0 aromatic carbocycles. The number of aromatic nitrogens is 2. The first-order valence-electron chi connectivity index (χ1n) is 10.0. The summed E-state index contributed by atoms with van der Waals surface area (Å²) in [6.07, 6.45) is 7.76. The highest BCUT2D eigenvalue weighted by Crippen LogP contribution is 2.50. The summed E-state index contributed by atoms with van der Waals surface area (Å²) in [6, 6.07) is 0.340. The minimum atomic E-state index is -0.476. The molecule has 2 atom stereocenters. The summed E-state index contributed by atoms with van der Waals surface area (Å²) >= 11 is 0. The summed E-state index contributed by atoms with van der Waals surface area (Å²) in [5, 5.41) is 0. The monoisotopic (exact) mass is 358 g/mol. The van der Waals surface area contributed by atoms with Gasteiger partial charge in [0.25, 0.3) is 0 Å². The maximum Gasteiger partial charge on any atom is 0.231 e. The van der Waals surface area contributed by atoms with Gasteiger partial charge in [-0.05, 0) is 39.0 Å². The van der Waals surface area contributed by atoms with Gasteiger partial charge in [-0.2, -0.15) is 0 Å². The van der Waals surface area contributed by atoms with Crippen molar-refractivity contribution < 1.29 is 9.59 Å². The third-order valence-corrected chi connectivity index (χ3v) is 6.49. The second-order valence-corrected chi connectivity index (χ2v) is 8.62. The summed E-state index contributed by atoms with van der Waals surface area (Å²) in [4.78, 5) is 34.4. The molecule has 0 radical (unpaired) electrons. The van der Waals surface area contributed by atoms with Crippen LogP contribution in [-0.2, 0) is 9.59 Å². The lowest BCUT2D eigenvalue weighted by Crippen LogP contribution is -2.41. The zero-order chi connectivity index (χ0) is 18.5. The van der Waals surface area contributed by atoms with Gasteiger partial charge in [0.15, 0.2) is 0 Å². The molecule has 0 N–H and O–H groups in total. The molecule has 1 spiro atoms. The maximum absolute atomic E-state index is 13.4. The number of hydrogen-bond donors (Lipinski definition) is 0. The van der Waals surface area contributed by atoms with Gasteiger partial charge in [0.05, 0.1) is 17.4 Å². The standard InChI is InChI=1S/C20H30N4O2/c1-4-18(25)23-10-16(17-11-24(13-21-17)14(2)3)20(12-23)7-8-22(19(20)26)9-15-5-6-15/h11,13-16H,4-10,12H2,1-3H3/t16-,20-/m0/s1. The molecule has 2 aliphatic heterocycles. The number of carbonyl (C=O) groups is 2. The van der Waals surface area contributed by atoms with Crippen LogP contribution in [0.25, 0.3) is 0 Å². The highest BCUT2D eigenvalue weighted by molar-refractivity contribution is 5.88. The lowest BCUT2D eigenvalue weighted by Gasteiger charge is -2.27. The molecule has 4 rings (SSSR count). The van der Waals surface area contributed by atoms with E-state index in [1.165, 1.54) is 12.8 Å². The van der Waals surface area contributed by atoms with Crippen LogP contribution < -0.4 is 0 Å². The number of carbonyl (C=O) groups excluding carboxylic acids is 2. The minimum Gasteiger partial charge on any atom is -0.342 e. The fourth-order valence-electron chi connectivity index (χ4n) is 4.63. The van der Waals surface area contributed by atoms with Crippen molar-refractivity contribution in [1.29, 1.82) is 0 Å². The minimum absolute atomic E-state index is 0.00898. The molecule has 0 unspecified atom stereocenters. The first-order chi connectivity index (χ1) is 12.4. The molecular formula is C20H30N4O2. The first-order valence-corrected chi connectivity index (χ1v) is 10.0. The Bertz CT molecular complexity index is 708. The van der Waals surface area contributed by atoms with E-state index in [1.54, 1.807) is 0 Å². The van der Waals surface area contributed by atoms with Crippen LogP contribution >= 0.6 is 0 Å². The fraction of sp³-hybridized carbons (Fsp3) is 0.750. The van der Waals surface area contributed by atoms with Crippen LogP contribution in [0.3, 0.4) is 0 Å². The lowest BCUT2D eigenvalue weighted by atomic mass is 9.75. The van der Waals surface area contributed by atoms with Crippen molar-refractivity contribution >= 4 is 11.8 Å². The highest BCUT2D eigenvalue weighted by atomic mass is 16.2. The quantitative estimate of drug-likeness (QED) is 0.812. The number of amides is 2. The van der Waals surface area contributed by atoms with E-state index >= 15 is 0 Å². The molecule has 6 heteroatoms. The van der Waals surface area contributed by atoms with Crippen LogP contribution in [0.5, 0.6) is 0 Å². The normalized spacial score (nSPS) is 28.8. The SMILES string of the molecule is CCC(=O)N1C[C@@H](c2cn(C(C)C)cn2)[C@]2(CCN(CC3CC3)C2=O)C1. The molecule has 3 fully saturated rings. The third kappa shape index (κ3) is 2.83. The van der Waals surface area contributed by atoms with Gasteiger partial charge in [0, 0.05) is 50.8 Å². The van der Waals surface area contributed by atoms with Crippen LogP contribution in [-0.4, -0.2) is 57.3 Å². The Labute approximate surface area is 155 Å². The molecule has 2 amide bonds. The Kier molecular flexibility index (Phi) is 4.32. The molecule has 0 bridgehead atoms. The van der Waals surface area contributed by atoms with Crippen molar-refractivity contribution in [2.75, 3.05) is 26.2 Å². The van der Waals surface area contributed by atoms with Gasteiger partial charge in [0.1, 0.15) is 0 Å². The summed E-state index contributed by atoms with van der Waals surface area (Å²) in [7, 11) is 0. The number of hydrogen-bond acceptors (Lipinski definition) is 3. The van der Waals surface area contributed by atoms with E-state index in [-0.39, 0.29) is 17.7 Å². The number of imidazole rings is 1. The molecule has 3 heterocycles. The molecule has 1 aromatic heterocycles. The summed E-state index contributed by atoms with van der Waals surface area (Å²) in [5.41, 5.74) is 0.488. The summed E-state index contributed by atoms with van der Waals surface area (Å²) in [5.74, 6) is 1.10. The molecule has 142 valence electrons. The second kappa shape index (κ2) is 6.39. The van der Waals surface area contributed by atoms with Crippen molar-refractivity contribution in [1.82, 2.24) is 19.4 Å². The molecular weight excluding hydrogens is 328 g/mol. The molecule has 1 aliphatic carbocycles. The molecule has 1 saturated carbocycles.